The summed E-state index contributed by atoms with van der Waals surface area (Å²) in [5.41, 5.74) is 1.78. The second-order valence-electron chi connectivity index (χ2n) is 8.56. The van der Waals surface area contributed by atoms with Crippen molar-refractivity contribution >= 4 is 11.6 Å². The van der Waals surface area contributed by atoms with E-state index in [1.807, 2.05) is 24.3 Å². The molecule has 3 rings (SSSR count). The number of halogens is 3. The first-order chi connectivity index (χ1) is 15.0. The SMILES string of the molecule is CCCCCCCCCCN(C(=O)C1Cc2ccccc2C1)c1c(F)cc(F)cc1F. The Balaban J connectivity index is 1.68. The van der Waals surface area contributed by atoms with Gasteiger partial charge in [-0.05, 0) is 30.4 Å². The van der Waals surface area contributed by atoms with Gasteiger partial charge in [-0.1, -0.05) is 76.1 Å². The average molecular weight is 432 g/mol. The maximum Gasteiger partial charge on any atom is 0.230 e. The van der Waals surface area contributed by atoms with Gasteiger partial charge in [0, 0.05) is 24.6 Å². The van der Waals surface area contributed by atoms with E-state index in [0.29, 0.717) is 31.4 Å². The molecule has 0 bridgehead atoms. The van der Waals surface area contributed by atoms with Crippen molar-refractivity contribution in [2.24, 2.45) is 5.92 Å². The van der Waals surface area contributed by atoms with Crippen LogP contribution in [0.5, 0.6) is 0 Å². The lowest BCUT2D eigenvalue weighted by atomic mass is 10.0. The fourth-order valence-electron chi connectivity index (χ4n) is 4.48. The van der Waals surface area contributed by atoms with Crippen LogP contribution >= 0.6 is 0 Å². The number of hydrogen-bond donors (Lipinski definition) is 0. The van der Waals surface area contributed by atoms with E-state index < -0.39 is 23.1 Å². The van der Waals surface area contributed by atoms with Gasteiger partial charge in [-0.3, -0.25) is 4.79 Å². The molecule has 5 heteroatoms. The van der Waals surface area contributed by atoms with Gasteiger partial charge in [0.25, 0.3) is 0 Å². The number of hydrogen-bond acceptors (Lipinski definition) is 1. The molecule has 0 atom stereocenters. The molecule has 0 N–H and O–H groups in total. The second kappa shape index (κ2) is 11.4. The molecule has 0 radical (unpaired) electrons. The van der Waals surface area contributed by atoms with Crippen LogP contribution in [-0.4, -0.2) is 12.5 Å². The Morgan fingerprint density at radius 3 is 1.94 bits per heavy atom. The molecule has 2 nitrogen and oxygen atoms in total. The zero-order valence-corrected chi connectivity index (χ0v) is 18.3. The molecule has 2 aromatic carbocycles. The van der Waals surface area contributed by atoms with Crippen molar-refractivity contribution < 1.29 is 18.0 Å². The van der Waals surface area contributed by atoms with Gasteiger partial charge in [0.15, 0.2) is 11.6 Å². The predicted molar refractivity (Wildman–Crippen MR) is 119 cm³/mol. The largest absolute Gasteiger partial charge is 0.307 e. The van der Waals surface area contributed by atoms with Gasteiger partial charge < -0.3 is 4.90 Å². The molecule has 168 valence electrons. The first kappa shape index (κ1) is 23.4. The molecule has 0 fully saturated rings. The van der Waals surface area contributed by atoms with Gasteiger partial charge in [-0.2, -0.15) is 0 Å². The Bertz CT molecular complexity index is 835. The van der Waals surface area contributed by atoms with Crippen molar-refractivity contribution in [3.05, 3.63) is 65.0 Å². The quantitative estimate of drug-likeness (QED) is 0.351. The van der Waals surface area contributed by atoms with E-state index in [-0.39, 0.29) is 18.4 Å². The number of fused-ring (bicyclic) bond motifs is 1. The van der Waals surface area contributed by atoms with Crippen LogP contribution in [0.15, 0.2) is 36.4 Å². The Morgan fingerprint density at radius 1 is 0.871 bits per heavy atom. The molecule has 0 unspecified atom stereocenters. The zero-order valence-electron chi connectivity index (χ0n) is 18.3. The van der Waals surface area contributed by atoms with E-state index in [9.17, 15) is 18.0 Å². The summed E-state index contributed by atoms with van der Waals surface area (Å²) in [5.74, 6) is -3.67. The van der Waals surface area contributed by atoms with Crippen molar-refractivity contribution in [3.8, 4) is 0 Å². The molecule has 0 saturated heterocycles. The number of unbranched alkanes of at least 4 members (excludes halogenated alkanes) is 7. The molecule has 0 spiro atoms. The van der Waals surface area contributed by atoms with Crippen molar-refractivity contribution in [1.29, 1.82) is 0 Å². The highest BCUT2D eigenvalue weighted by Gasteiger charge is 2.33. The summed E-state index contributed by atoms with van der Waals surface area (Å²) in [4.78, 5) is 14.6. The number of anilines is 1. The molecule has 0 aromatic heterocycles. The summed E-state index contributed by atoms with van der Waals surface area (Å²) < 4.78 is 42.5. The highest BCUT2D eigenvalue weighted by molar-refractivity contribution is 5.96. The van der Waals surface area contributed by atoms with Crippen LogP contribution in [0.2, 0.25) is 0 Å². The first-order valence-electron chi connectivity index (χ1n) is 11.5. The van der Waals surface area contributed by atoms with Crippen LogP contribution in [0, 0.1) is 23.4 Å². The molecular weight excluding hydrogens is 399 g/mol. The molecule has 1 aliphatic rings. The Kier molecular flexibility index (Phi) is 8.56. The average Bonchev–Trinajstić information content (AvgIpc) is 3.17. The third-order valence-electron chi connectivity index (χ3n) is 6.15. The highest BCUT2D eigenvalue weighted by Crippen LogP contribution is 2.32. The van der Waals surface area contributed by atoms with E-state index >= 15 is 0 Å². The topological polar surface area (TPSA) is 20.3 Å². The van der Waals surface area contributed by atoms with Crippen molar-refractivity contribution in [2.45, 2.75) is 71.1 Å². The maximum atomic E-state index is 14.5. The van der Waals surface area contributed by atoms with Gasteiger partial charge in [-0.15, -0.1) is 0 Å². The van der Waals surface area contributed by atoms with Gasteiger partial charge in [0.1, 0.15) is 11.5 Å². The van der Waals surface area contributed by atoms with Crippen LogP contribution in [0.1, 0.15) is 69.4 Å². The molecule has 0 saturated carbocycles. The fourth-order valence-corrected chi connectivity index (χ4v) is 4.48. The molecule has 1 aliphatic carbocycles. The molecule has 31 heavy (non-hydrogen) atoms. The van der Waals surface area contributed by atoms with Gasteiger partial charge in [0.2, 0.25) is 5.91 Å². The van der Waals surface area contributed by atoms with Crippen molar-refractivity contribution in [3.63, 3.8) is 0 Å². The number of nitrogens with zero attached hydrogens (tertiary/aromatic N) is 1. The molecule has 2 aromatic rings. The third kappa shape index (κ3) is 6.11. The minimum atomic E-state index is -1.03. The molecular formula is C26H32F3NO. The van der Waals surface area contributed by atoms with Crippen LogP contribution in [0.4, 0.5) is 18.9 Å². The summed E-state index contributed by atoms with van der Waals surface area (Å²) in [6, 6.07) is 9.15. The molecule has 1 amide bonds. The summed E-state index contributed by atoms with van der Waals surface area (Å²) in [6.07, 6.45) is 9.72. The standard InChI is InChI=1S/C26H32F3NO/c1-2-3-4-5-6-7-8-11-14-30(25-23(28)17-22(27)18-24(25)29)26(31)21-15-19-12-9-10-13-20(19)16-21/h9-10,12-13,17-18,21H,2-8,11,14-16H2,1H3. The number of benzene rings is 2. The second-order valence-corrected chi connectivity index (χ2v) is 8.56. The maximum absolute atomic E-state index is 14.5. The zero-order chi connectivity index (χ0) is 22.2. The monoisotopic (exact) mass is 431 g/mol. The number of carbonyl (C=O) groups is 1. The Labute approximate surface area is 183 Å². The number of amides is 1. The first-order valence-corrected chi connectivity index (χ1v) is 11.5. The third-order valence-corrected chi connectivity index (χ3v) is 6.15. The molecule has 0 heterocycles. The van der Waals surface area contributed by atoms with Crippen LogP contribution in [0.3, 0.4) is 0 Å². The van der Waals surface area contributed by atoms with Crippen LogP contribution in [-0.2, 0) is 17.6 Å². The summed E-state index contributed by atoms with van der Waals surface area (Å²) in [5, 5.41) is 0. The Hall–Kier alpha value is -2.30. The summed E-state index contributed by atoms with van der Waals surface area (Å²) in [7, 11) is 0. The normalized spacial score (nSPS) is 13.4. The number of carbonyl (C=O) groups excluding carboxylic acids is 1. The van der Waals surface area contributed by atoms with E-state index in [1.165, 1.54) is 30.6 Å². The van der Waals surface area contributed by atoms with E-state index in [0.717, 1.165) is 30.4 Å². The van der Waals surface area contributed by atoms with Gasteiger partial charge in [-0.25, -0.2) is 13.2 Å². The van der Waals surface area contributed by atoms with Gasteiger partial charge in [0.05, 0.1) is 0 Å². The molecule has 0 aliphatic heterocycles. The minimum Gasteiger partial charge on any atom is -0.307 e. The Morgan fingerprint density at radius 2 is 1.39 bits per heavy atom. The van der Waals surface area contributed by atoms with Gasteiger partial charge >= 0.3 is 0 Å². The lowest BCUT2D eigenvalue weighted by Gasteiger charge is -2.26. The summed E-state index contributed by atoms with van der Waals surface area (Å²) >= 11 is 0. The smallest absolute Gasteiger partial charge is 0.230 e. The van der Waals surface area contributed by atoms with E-state index in [2.05, 4.69) is 6.92 Å². The van der Waals surface area contributed by atoms with Crippen molar-refractivity contribution in [1.82, 2.24) is 0 Å². The number of rotatable bonds is 11. The minimum absolute atomic E-state index is 0.236. The van der Waals surface area contributed by atoms with Crippen molar-refractivity contribution in [2.75, 3.05) is 11.4 Å². The van der Waals surface area contributed by atoms with Crippen LogP contribution in [0.25, 0.3) is 0 Å². The van der Waals surface area contributed by atoms with E-state index in [1.54, 1.807) is 0 Å². The van der Waals surface area contributed by atoms with Crippen LogP contribution < -0.4 is 4.90 Å². The fraction of sp³-hybridized carbons (Fsp3) is 0.500. The predicted octanol–water partition coefficient (Wildman–Crippen LogP) is 6.99. The summed E-state index contributed by atoms with van der Waals surface area (Å²) in [6.45, 7) is 2.42. The lowest BCUT2D eigenvalue weighted by molar-refractivity contribution is -0.122. The highest BCUT2D eigenvalue weighted by atomic mass is 19.1. The van der Waals surface area contributed by atoms with E-state index in [4.69, 9.17) is 0 Å². The lowest BCUT2D eigenvalue weighted by Crippen LogP contribution is -2.38.